The number of carbonyl (C=O) groups excluding carboxylic acids is 1. The van der Waals surface area contributed by atoms with Crippen LogP contribution in [0.2, 0.25) is 0 Å². The zero-order valence-corrected chi connectivity index (χ0v) is 21.9. The van der Waals surface area contributed by atoms with Gasteiger partial charge in [0.15, 0.2) is 0 Å². The van der Waals surface area contributed by atoms with Crippen LogP contribution in [0.4, 0.5) is 5.69 Å². The van der Waals surface area contributed by atoms with E-state index < -0.39 is 22.8 Å². The minimum atomic E-state index is -1.30. The summed E-state index contributed by atoms with van der Waals surface area (Å²) in [5, 5.41) is 21.3. The summed E-state index contributed by atoms with van der Waals surface area (Å²) < 4.78 is 8.53. The van der Waals surface area contributed by atoms with Crippen LogP contribution in [-0.2, 0) is 20.9 Å². The van der Waals surface area contributed by atoms with Crippen LogP contribution in [0.1, 0.15) is 36.5 Å². The lowest BCUT2D eigenvalue weighted by Crippen LogP contribution is -2.31. The molecule has 1 aliphatic heterocycles. The molecule has 0 spiro atoms. The zero-order chi connectivity index (χ0) is 28.1. The summed E-state index contributed by atoms with van der Waals surface area (Å²) in [4.78, 5) is 40.3. The maximum atomic E-state index is 13.3. The van der Waals surface area contributed by atoms with E-state index in [0.29, 0.717) is 6.54 Å². The first-order valence-corrected chi connectivity index (χ1v) is 12.2. The van der Waals surface area contributed by atoms with Crippen molar-refractivity contribution >= 4 is 35.5 Å². The molecule has 0 saturated carbocycles. The molecule has 0 aliphatic carbocycles. The number of hydrogen-bond donors (Lipinski definition) is 1. The van der Waals surface area contributed by atoms with Gasteiger partial charge in [-0.3, -0.25) is 14.5 Å². The van der Waals surface area contributed by atoms with Gasteiger partial charge >= 0.3 is 11.9 Å². The molecule has 4 rings (SSSR count). The third kappa shape index (κ3) is 6.07. The van der Waals surface area contributed by atoms with Gasteiger partial charge in [-0.1, -0.05) is 42.5 Å². The Labute approximate surface area is 229 Å². The van der Waals surface area contributed by atoms with E-state index in [4.69, 9.17) is 16.5 Å². The summed E-state index contributed by atoms with van der Waals surface area (Å²) in [5.41, 5.74) is 2.34. The monoisotopic (exact) mass is 548 g/mol. The van der Waals surface area contributed by atoms with E-state index >= 15 is 0 Å². The fraction of sp³-hybridized carbons (Fsp3) is 0.179. The van der Waals surface area contributed by atoms with E-state index in [1.54, 1.807) is 31.6 Å². The van der Waals surface area contributed by atoms with Crippen LogP contribution in [0.15, 0.2) is 95.9 Å². The molecule has 0 fully saturated rings. The molecule has 2 heterocycles. The van der Waals surface area contributed by atoms with Crippen LogP contribution >= 0.6 is 11.8 Å². The Bertz CT molecular complexity index is 1490. The highest BCUT2D eigenvalue weighted by Gasteiger charge is 2.40. The van der Waals surface area contributed by atoms with Crippen molar-refractivity contribution in [1.29, 1.82) is 0 Å². The van der Waals surface area contributed by atoms with Gasteiger partial charge in [-0.15, -0.1) is 0 Å². The molecule has 1 N–H and O–H groups in total. The van der Waals surface area contributed by atoms with Gasteiger partial charge < -0.3 is 14.4 Å². The summed E-state index contributed by atoms with van der Waals surface area (Å²) in [5.74, 6) is -3.19. The molecule has 39 heavy (non-hydrogen) atoms. The highest BCUT2D eigenvalue weighted by Crippen LogP contribution is 2.43. The van der Waals surface area contributed by atoms with Crippen molar-refractivity contribution < 1.29 is 24.4 Å². The number of imidazole rings is 1. The predicted molar refractivity (Wildman–Crippen MR) is 144 cm³/mol. The van der Waals surface area contributed by atoms with Crippen molar-refractivity contribution in [2.45, 2.75) is 26.3 Å². The number of aromatic nitrogens is 2. The SMILES string of the molecule is CC1=C(C(=O)O)C(c2cccc([N+](=O)[O-])c2)C(C(=O)OC/C=C/c2ccc(Cn3ccnc3)cc2)=C(C)N1Cl. The second-order valence-corrected chi connectivity index (χ2v) is 9.18. The number of non-ortho nitro benzene ring substituents is 1. The number of carbonyl (C=O) groups is 2. The Hall–Kier alpha value is -4.70. The van der Waals surface area contributed by atoms with Crippen molar-refractivity contribution in [2.75, 3.05) is 6.61 Å². The minimum absolute atomic E-state index is 0.00856. The maximum Gasteiger partial charge on any atom is 0.337 e. The number of nitrogens with zero attached hydrogens (tertiary/aromatic N) is 4. The van der Waals surface area contributed by atoms with Gasteiger partial charge in [0.25, 0.3) is 5.69 Å². The Kier molecular flexibility index (Phi) is 8.26. The van der Waals surface area contributed by atoms with Gasteiger partial charge in [0.2, 0.25) is 0 Å². The summed E-state index contributed by atoms with van der Waals surface area (Å²) in [6.07, 6.45) is 8.82. The molecular weight excluding hydrogens is 524 g/mol. The van der Waals surface area contributed by atoms with Crippen LogP contribution in [-0.4, -0.2) is 42.5 Å². The van der Waals surface area contributed by atoms with E-state index in [9.17, 15) is 24.8 Å². The number of esters is 1. The molecule has 200 valence electrons. The van der Waals surface area contributed by atoms with E-state index in [-0.39, 0.29) is 40.4 Å². The fourth-order valence-electron chi connectivity index (χ4n) is 4.43. The van der Waals surface area contributed by atoms with Gasteiger partial charge in [-0.2, -0.15) is 0 Å². The number of carboxylic acid groups (broad SMARTS) is 1. The first-order valence-electron chi connectivity index (χ1n) is 11.9. The molecule has 11 heteroatoms. The number of nitro groups is 1. The number of nitro benzene ring substituents is 1. The molecule has 2 aromatic carbocycles. The van der Waals surface area contributed by atoms with Crippen molar-refractivity contribution in [3.8, 4) is 0 Å². The van der Waals surface area contributed by atoms with E-state index in [1.165, 1.54) is 31.2 Å². The first kappa shape index (κ1) is 27.3. The molecule has 0 bridgehead atoms. The number of ether oxygens (including phenoxy) is 1. The second kappa shape index (κ2) is 11.8. The normalized spacial score (nSPS) is 15.7. The quantitative estimate of drug-likeness (QED) is 0.165. The van der Waals surface area contributed by atoms with Gasteiger partial charge in [0, 0.05) is 54.2 Å². The number of aliphatic carboxylic acids is 1. The number of carboxylic acids is 1. The highest BCUT2D eigenvalue weighted by atomic mass is 35.5. The first-order chi connectivity index (χ1) is 18.7. The maximum absolute atomic E-state index is 13.3. The Morgan fingerprint density at radius 2 is 1.87 bits per heavy atom. The average molecular weight is 549 g/mol. The summed E-state index contributed by atoms with van der Waals surface area (Å²) in [6.45, 7) is 3.69. The lowest BCUT2D eigenvalue weighted by atomic mass is 9.80. The second-order valence-electron chi connectivity index (χ2n) is 8.85. The van der Waals surface area contributed by atoms with Gasteiger partial charge in [-0.25, -0.2) is 14.6 Å². The summed E-state index contributed by atoms with van der Waals surface area (Å²) >= 11 is 6.35. The molecular formula is C28H25ClN4O6. The summed E-state index contributed by atoms with van der Waals surface area (Å²) in [6, 6.07) is 13.4. The highest BCUT2D eigenvalue weighted by molar-refractivity contribution is 6.17. The Morgan fingerprint density at radius 3 is 2.51 bits per heavy atom. The molecule has 1 atom stereocenters. The largest absolute Gasteiger partial charge is 0.478 e. The molecule has 3 aromatic rings. The van der Waals surface area contributed by atoms with Crippen LogP contribution in [0, 0.1) is 10.1 Å². The number of allylic oxidation sites excluding steroid dienone is 2. The minimum Gasteiger partial charge on any atom is -0.478 e. The lowest BCUT2D eigenvalue weighted by molar-refractivity contribution is -0.384. The molecule has 0 amide bonds. The number of benzene rings is 2. The standard InChI is InChI=1S/C28H25ClN4O6/c1-18-24(27(34)35)26(22-6-3-7-23(15-22)33(37)38)25(19(2)32(18)29)28(36)39-14-4-5-20-8-10-21(11-9-20)16-31-13-12-30-17-31/h3-13,15,17,26H,14,16H2,1-2H3,(H,34,35)/b5-4+. The zero-order valence-electron chi connectivity index (χ0n) is 21.2. The van der Waals surface area contributed by atoms with E-state index in [0.717, 1.165) is 15.5 Å². The molecule has 1 aliphatic rings. The van der Waals surface area contributed by atoms with Gasteiger partial charge in [-0.05, 0) is 36.6 Å². The predicted octanol–water partition coefficient (Wildman–Crippen LogP) is 5.28. The third-order valence-electron chi connectivity index (χ3n) is 6.34. The molecule has 0 saturated heterocycles. The van der Waals surface area contributed by atoms with Crippen molar-refractivity contribution in [3.63, 3.8) is 0 Å². The number of halogens is 1. The summed E-state index contributed by atoms with van der Waals surface area (Å²) in [7, 11) is 0. The van der Waals surface area contributed by atoms with Crippen molar-refractivity contribution in [3.05, 3.63) is 123 Å². The van der Waals surface area contributed by atoms with Gasteiger partial charge in [0.1, 0.15) is 6.61 Å². The van der Waals surface area contributed by atoms with Crippen LogP contribution in [0.25, 0.3) is 6.08 Å². The number of hydrogen-bond acceptors (Lipinski definition) is 7. The van der Waals surface area contributed by atoms with Crippen molar-refractivity contribution in [1.82, 2.24) is 14.0 Å². The van der Waals surface area contributed by atoms with Crippen molar-refractivity contribution in [2.24, 2.45) is 0 Å². The molecule has 0 radical (unpaired) electrons. The van der Waals surface area contributed by atoms with E-state index in [1.807, 2.05) is 35.0 Å². The van der Waals surface area contributed by atoms with Crippen LogP contribution in [0.3, 0.4) is 0 Å². The van der Waals surface area contributed by atoms with Crippen LogP contribution < -0.4 is 0 Å². The van der Waals surface area contributed by atoms with E-state index in [2.05, 4.69) is 4.98 Å². The van der Waals surface area contributed by atoms with Crippen LogP contribution in [0.5, 0.6) is 0 Å². The average Bonchev–Trinajstić information content (AvgIpc) is 3.43. The number of rotatable bonds is 9. The Morgan fingerprint density at radius 1 is 1.15 bits per heavy atom. The topological polar surface area (TPSA) is 128 Å². The third-order valence-corrected chi connectivity index (χ3v) is 6.84. The molecule has 10 nitrogen and oxygen atoms in total. The van der Waals surface area contributed by atoms with Gasteiger partial charge in [0.05, 0.1) is 28.3 Å². The lowest BCUT2D eigenvalue weighted by Gasteiger charge is -2.33. The smallest absolute Gasteiger partial charge is 0.337 e. The fourth-order valence-corrected chi connectivity index (χ4v) is 4.61. The Balaban J connectivity index is 1.53. The molecule has 1 aromatic heterocycles. The molecule has 1 unspecified atom stereocenters.